The molecule has 1 aliphatic heterocycles. The van der Waals surface area contributed by atoms with Gasteiger partial charge in [-0.2, -0.15) is 0 Å². The van der Waals surface area contributed by atoms with Crippen LogP contribution in [0.4, 0.5) is 10.1 Å². The number of nitrogens with zero attached hydrogens (tertiary/aromatic N) is 2. The van der Waals surface area contributed by atoms with Gasteiger partial charge in [0.05, 0.1) is 12.3 Å². The van der Waals surface area contributed by atoms with Crippen LogP contribution in [0.15, 0.2) is 83.5 Å². The number of carbonyl (C=O) groups excluding carboxylic acids is 1. The fourth-order valence-corrected chi connectivity index (χ4v) is 3.25. The van der Waals surface area contributed by atoms with Gasteiger partial charge in [-0.1, -0.05) is 23.7 Å². The molecule has 0 aliphatic carbocycles. The molecule has 0 N–H and O–H groups in total. The Morgan fingerprint density at radius 3 is 2.30 bits per heavy atom. The summed E-state index contributed by atoms with van der Waals surface area (Å²) in [5.74, 6) is 0.524. The number of rotatable bonds is 5. The Bertz CT molecular complexity index is 1120. The molecule has 3 aromatic rings. The van der Waals surface area contributed by atoms with Crippen LogP contribution in [0, 0.1) is 5.82 Å². The lowest BCUT2D eigenvalue weighted by atomic mass is 10.1. The highest BCUT2D eigenvalue weighted by atomic mass is 35.5. The van der Waals surface area contributed by atoms with E-state index in [0.717, 1.165) is 5.56 Å². The van der Waals surface area contributed by atoms with Crippen LogP contribution in [0.2, 0.25) is 5.02 Å². The summed E-state index contributed by atoms with van der Waals surface area (Å²) in [5, 5.41) is 0.612. The van der Waals surface area contributed by atoms with Crippen molar-refractivity contribution in [2.24, 2.45) is 4.99 Å². The van der Waals surface area contributed by atoms with Crippen molar-refractivity contribution in [2.45, 2.75) is 6.92 Å². The van der Waals surface area contributed by atoms with Crippen molar-refractivity contribution in [3.05, 3.63) is 100 Å². The molecule has 3 aromatic carbocycles. The van der Waals surface area contributed by atoms with E-state index in [9.17, 15) is 9.18 Å². The molecule has 30 heavy (non-hydrogen) atoms. The number of amidine groups is 1. The highest BCUT2D eigenvalue weighted by Gasteiger charge is 2.32. The van der Waals surface area contributed by atoms with Gasteiger partial charge < -0.3 is 4.74 Å². The molecule has 0 saturated carbocycles. The third-order valence-corrected chi connectivity index (χ3v) is 4.79. The molecule has 0 unspecified atom stereocenters. The normalized spacial score (nSPS) is 14.9. The van der Waals surface area contributed by atoms with E-state index < -0.39 is 0 Å². The van der Waals surface area contributed by atoms with Gasteiger partial charge in [0.2, 0.25) is 0 Å². The molecule has 1 heterocycles. The van der Waals surface area contributed by atoms with Crippen molar-refractivity contribution in [3.63, 3.8) is 0 Å². The zero-order valence-electron chi connectivity index (χ0n) is 16.2. The summed E-state index contributed by atoms with van der Waals surface area (Å²) < 4.78 is 18.9. The second-order valence-electron chi connectivity index (χ2n) is 6.59. The second-order valence-corrected chi connectivity index (χ2v) is 7.03. The SMILES string of the molecule is CCOc1ccc(N2C(=O)/C(=C\c3ccc(Cl)cc3)N=C2c2ccc(F)cc2)cc1. The molecule has 1 amide bonds. The summed E-state index contributed by atoms with van der Waals surface area (Å²) in [7, 11) is 0. The van der Waals surface area contributed by atoms with Gasteiger partial charge in [-0.25, -0.2) is 9.38 Å². The lowest BCUT2D eigenvalue weighted by molar-refractivity contribution is -0.113. The van der Waals surface area contributed by atoms with Crippen LogP contribution < -0.4 is 9.64 Å². The number of ether oxygens (including phenoxy) is 1. The van der Waals surface area contributed by atoms with Crippen molar-refractivity contribution in [3.8, 4) is 5.75 Å². The van der Waals surface area contributed by atoms with Gasteiger partial charge in [0.15, 0.2) is 0 Å². The van der Waals surface area contributed by atoms with Crippen LogP contribution in [0.3, 0.4) is 0 Å². The van der Waals surface area contributed by atoms with E-state index in [4.69, 9.17) is 16.3 Å². The van der Waals surface area contributed by atoms with Crippen LogP contribution >= 0.6 is 11.6 Å². The van der Waals surface area contributed by atoms with E-state index in [1.807, 2.05) is 19.1 Å². The van der Waals surface area contributed by atoms with Crippen LogP contribution in [-0.4, -0.2) is 18.3 Å². The van der Waals surface area contributed by atoms with Crippen molar-refractivity contribution in [1.82, 2.24) is 0 Å². The number of hydrogen-bond acceptors (Lipinski definition) is 3. The van der Waals surface area contributed by atoms with E-state index in [0.29, 0.717) is 34.5 Å². The molecule has 0 spiro atoms. The van der Waals surface area contributed by atoms with Crippen LogP contribution in [-0.2, 0) is 4.79 Å². The average molecular weight is 421 g/mol. The quantitative estimate of drug-likeness (QED) is 0.496. The average Bonchev–Trinajstić information content (AvgIpc) is 3.07. The summed E-state index contributed by atoms with van der Waals surface area (Å²) in [6, 6.07) is 20.2. The number of carbonyl (C=O) groups is 1. The molecular formula is C24H18ClFN2O2. The molecule has 0 saturated heterocycles. The van der Waals surface area contributed by atoms with Gasteiger partial charge in [-0.3, -0.25) is 9.69 Å². The van der Waals surface area contributed by atoms with E-state index in [1.54, 1.807) is 54.6 Å². The number of anilines is 1. The molecule has 0 fully saturated rings. The third-order valence-electron chi connectivity index (χ3n) is 4.54. The molecule has 4 nitrogen and oxygen atoms in total. The van der Waals surface area contributed by atoms with E-state index in [1.165, 1.54) is 17.0 Å². The summed E-state index contributed by atoms with van der Waals surface area (Å²) in [4.78, 5) is 19.3. The van der Waals surface area contributed by atoms with E-state index >= 15 is 0 Å². The predicted octanol–water partition coefficient (Wildman–Crippen LogP) is 5.71. The second kappa shape index (κ2) is 8.51. The van der Waals surface area contributed by atoms with Crippen molar-refractivity contribution >= 4 is 35.1 Å². The number of amides is 1. The van der Waals surface area contributed by atoms with Crippen LogP contribution in [0.25, 0.3) is 6.08 Å². The smallest absolute Gasteiger partial charge is 0.282 e. The Morgan fingerprint density at radius 1 is 1.00 bits per heavy atom. The minimum atomic E-state index is -0.353. The molecule has 4 rings (SSSR count). The Hall–Kier alpha value is -3.44. The standard InChI is InChI=1S/C24H18ClFN2O2/c1-2-30-21-13-11-20(12-14-21)28-23(17-5-9-19(26)10-6-17)27-22(24(28)29)15-16-3-7-18(25)8-4-16/h3-15H,2H2,1H3/b22-15+. The molecule has 1 aliphatic rings. The molecule has 0 aromatic heterocycles. The summed E-state index contributed by atoms with van der Waals surface area (Å²) in [5.41, 5.74) is 2.37. The topological polar surface area (TPSA) is 41.9 Å². The lowest BCUT2D eigenvalue weighted by Gasteiger charge is -2.19. The lowest BCUT2D eigenvalue weighted by Crippen LogP contribution is -2.32. The molecule has 0 atom stereocenters. The molecular weight excluding hydrogens is 403 g/mol. The fraction of sp³-hybridized carbons (Fsp3) is 0.0833. The summed E-state index contributed by atoms with van der Waals surface area (Å²) in [6.07, 6.45) is 1.71. The van der Waals surface area contributed by atoms with Gasteiger partial charge in [0.25, 0.3) is 5.91 Å². The molecule has 0 radical (unpaired) electrons. The Labute approximate surface area is 178 Å². The van der Waals surface area contributed by atoms with Gasteiger partial charge in [-0.05, 0) is 79.2 Å². The maximum absolute atomic E-state index is 13.4. The molecule has 0 bridgehead atoms. The van der Waals surface area contributed by atoms with Gasteiger partial charge in [0, 0.05) is 10.6 Å². The van der Waals surface area contributed by atoms with Crippen molar-refractivity contribution < 1.29 is 13.9 Å². The Morgan fingerprint density at radius 2 is 1.67 bits per heavy atom. The van der Waals surface area contributed by atoms with Gasteiger partial charge >= 0.3 is 0 Å². The number of hydrogen-bond donors (Lipinski definition) is 0. The largest absolute Gasteiger partial charge is 0.494 e. The first-order chi connectivity index (χ1) is 14.5. The van der Waals surface area contributed by atoms with Crippen molar-refractivity contribution in [1.29, 1.82) is 0 Å². The monoisotopic (exact) mass is 420 g/mol. The van der Waals surface area contributed by atoms with Gasteiger partial charge in [-0.15, -0.1) is 0 Å². The minimum absolute atomic E-state index is 0.270. The first-order valence-electron chi connectivity index (χ1n) is 9.44. The molecule has 6 heteroatoms. The fourth-order valence-electron chi connectivity index (χ4n) is 3.12. The minimum Gasteiger partial charge on any atom is -0.494 e. The first kappa shape index (κ1) is 19.9. The number of halogens is 2. The zero-order chi connectivity index (χ0) is 21.1. The van der Waals surface area contributed by atoms with Gasteiger partial charge in [0.1, 0.15) is 23.1 Å². The maximum Gasteiger partial charge on any atom is 0.282 e. The Balaban J connectivity index is 1.76. The van der Waals surface area contributed by atoms with E-state index in [-0.39, 0.29) is 17.4 Å². The highest BCUT2D eigenvalue weighted by molar-refractivity contribution is 6.33. The van der Waals surface area contributed by atoms with Crippen LogP contribution in [0.5, 0.6) is 5.75 Å². The van der Waals surface area contributed by atoms with Crippen molar-refractivity contribution in [2.75, 3.05) is 11.5 Å². The first-order valence-corrected chi connectivity index (χ1v) is 9.82. The molecule has 150 valence electrons. The predicted molar refractivity (Wildman–Crippen MR) is 117 cm³/mol. The zero-order valence-corrected chi connectivity index (χ0v) is 16.9. The Kier molecular flexibility index (Phi) is 5.63. The van der Waals surface area contributed by atoms with Crippen LogP contribution in [0.1, 0.15) is 18.1 Å². The summed E-state index contributed by atoms with van der Waals surface area (Å²) in [6.45, 7) is 2.46. The third kappa shape index (κ3) is 4.11. The highest BCUT2D eigenvalue weighted by Crippen LogP contribution is 2.29. The number of aliphatic imine (C=N–C) groups is 1. The maximum atomic E-state index is 13.4. The number of benzene rings is 3. The van der Waals surface area contributed by atoms with E-state index in [2.05, 4.69) is 4.99 Å². The summed E-state index contributed by atoms with van der Waals surface area (Å²) >= 11 is 5.95.